The molecule has 0 aromatic heterocycles. The van der Waals surface area contributed by atoms with Crippen LogP contribution in [-0.4, -0.2) is 0 Å². The fraction of sp³-hybridized carbons (Fsp3) is 0.286. The largest absolute Gasteiger partial charge is 0.0876 e. The predicted molar refractivity (Wildman–Crippen MR) is 61.9 cm³/mol. The Labute approximate surface area is 86.0 Å². The van der Waals surface area contributed by atoms with Crippen molar-refractivity contribution in [1.29, 1.82) is 0 Å². The molecular formula is C14H16. The molecule has 0 nitrogen and oxygen atoms in total. The maximum absolute atomic E-state index is 2.30. The van der Waals surface area contributed by atoms with E-state index in [1.54, 1.807) is 0 Å². The van der Waals surface area contributed by atoms with Crippen LogP contribution < -0.4 is 0 Å². The summed E-state index contributed by atoms with van der Waals surface area (Å²) < 4.78 is 0. The van der Waals surface area contributed by atoms with E-state index in [0.29, 0.717) is 11.8 Å². The van der Waals surface area contributed by atoms with Gasteiger partial charge in [0, 0.05) is 0 Å². The molecule has 0 bridgehead atoms. The molecule has 0 saturated heterocycles. The maximum atomic E-state index is 2.30. The van der Waals surface area contributed by atoms with Crippen molar-refractivity contribution in [3.8, 4) is 0 Å². The van der Waals surface area contributed by atoms with E-state index in [9.17, 15) is 0 Å². The second kappa shape index (κ2) is 4.80. The second-order valence-corrected chi connectivity index (χ2v) is 3.81. The first-order valence-electron chi connectivity index (χ1n) is 5.30. The van der Waals surface area contributed by atoms with Crippen molar-refractivity contribution in [1.82, 2.24) is 0 Å². The summed E-state index contributed by atoms with van der Waals surface area (Å²) in [6.07, 6.45) is 24.4. The van der Waals surface area contributed by atoms with Gasteiger partial charge in [-0.25, -0.2) is 0 Å². The van der Waals surface area contributed by atoms with Gasteiger partial charge in [0.1, 0.15) is 0 Å². The van der Waals surface area contributed by atoms with Crippen molar-refractivity contribution in [3.63, 3.8) is 0 Å². The van der Waals surface area contributed by atoms with Crippen molar-refractivity contribution in [3.05, 3.63) is 60.8 Å². The van der Waals surface area contributed by atoms with Gasteiger partial charge in [0.05, 0.1) is 0 Å². The molecule has 0 aromatic carbocycles. The van der Waals surface area contributed by atoms with Gasteiger partial charge >= 0.3 is 0 Å². The van der Waals surface area contributed by atoms with Crippen LogP contribution >= 0.6 is 0 Å². The van der Waals surface area contributed by atoms with E-state index in [0.717, 1.165) is 12.8 Å². The Morgan fingerprint density at radius 3 is 1.36 bits per heavy atom. The Balaban J connectivity index is 1.67. The van der Waals surface area contributed by atoms with Crippen LogP contribution in [0.1, 0.15) is 12.8 Å². The molecule has 0 saturated carbocycles. The minimum Gasteiger partial charge on any atom is -0.0876 e. The van der Waals surface area contributed by atoms with E-state index in [4.69, 9.17) is 0 Å². The lowest BCUT2D eigenvalue weighted by atomic mass is 10.0. The zero-order valence-corrected chi connectivity index (χ0v) is 8.34. The number of hydrogen-bond acceptors (Lipinski definition) is 0. The average molecular weight is 184 g/mol. The van der Waals surface area contributed by atoms with Crippen molar-refractivity contribution in [2.75, 3.05) is 0 Å². The highest BCUT2D eigenvalue weighted by Crippen LogP contribution is 2.16. The SMILES string of the molecule is C1=CC(C/C=C\CC2C=CC=C2)C=C1. The fourth-order valence-corrected chi connectivity index (χ4v) is 1.78. The standard InChI is InChI=1S/C14H16/c1-2-8-13(7-1)11-5-6-12-14-9-3-4-10-14/h1-10,13-14H,11-12H2/b6-5-. The van der Waals surface area contributed by atoms with Gasteiger partial charge in [-0.05, 0) is 24.7 Å². The Bertz CT molecular complexity index is 257. The smallest absolute Gasteiger partial charge is 0.00127 e. The molecule has 2 aliphatic rings. The molecule has 0 heteroatoms. The third-order valence-corrected chi connectivity index (χ3v) is 2.64. The fourth-order valence-electron chi connectivity index (χ4n) is 1.78. The first-order valence-corrected chi connectivity index (χ1v) is 5.30. The third-order valence-electron chi connectivity index (χ3n) is 2.64. The van der Waals surface area contributed by atoms with Gasteiger partial charge < -0.3 is 0 Å². The van der Waals surface area contributed by atoms with Gasteiger partial charge in [0.15, 0.2) is 0 Å². The normalized spacial score (nSPS) is 20.9. The molecule has 0 unspecified atom stereocenters. The van der Waals surface area contributed by atoms with Gasteiger partial charge in [-0.1, -0.05) is 60.8 Å². The third kappa shape index (κ3) is 2.59. The first kappa shape index (κ1) is 9.26. The van der Waals surface area contributed by atoms with E-state index >= 15 is 0 Å². The number of hydrogen-bond donors (Lipinski definition) is 0. The van der Waals surface area contributed by atoms with E-state index in [1.165, 1.54) is 0 Å². The summed E-state index contributed by atoms with van der Waals surface area (Å²) in [6, 6.07) is 0. The minimum absolute atomic E-state index is 0.640. The number of allylic oxidation sites excluding steroid dienone is 10. The molecule has 0 N–H and O–H groups in total. The zero-order valence-electron chi connectivity index (χ0n) is 8.34. The second-order valence-electron chi connectivity index (χ2n) is 3.81. The molecule has 0 aliphatic heterocycles. The monoisotopic (exact) mass is 184 g/mol. The summed E-state index contributed by atoms with van der Waals surface area (Å²) in [7, 11) is 0. The highest BCUT2D eigenvalue weighted by molar-refractivity contribution is 5.20. The average Bonchev–Trinajstić information content (AvgIpc) is 2.86. The summed E-state index contributed by atoms with van der Waals surface area (Å²) >= 11 is 0. The Kier molecular flexibility index (Phi) is 3.18. The highest BCUT2D eigenvalue weighted by Gasteiger charge is 2.01. The van der Waals surface area contributed by atoms with Crippen LogP contribution in [0.25, 0.3) is 0 Å². The summed E-state index contributed by atoms with van der Waals surface area (Å²) in [6.45, 7) is 0. The number of rotatable bonds is 4. The molecular weight excluding hydrogens is 168 g/mol. The van der Waals surface area contributed by atoms with Crippen molar-refractivity contribution < 1.29 is 0 Å². The molecule has 0 amide bonds. The Morgan fingerprint density at radius 1 is 0.643 bits per heavy atom. The van der Waals surface area contributed by atoms with Crippen molar-refractivity contribution in [2.24, 2.45) is 11.8 Å². The van der Waals surface area contributed by atoms with Crippen LogP contribution in [0.5, 0.6) is 0 Å². The summed E-state index contributed by atoms with van der Waals surface area (Å²) in [4.78, 5) is 0. The van der Waals surface area contributed by atoms with E-state index in [-0.39, 0.29) is 0 Å². The molecule has 0 atom stereocenters. The first-order chi connectivity index (χ1) is 6.95. The minimum atomic E-state index is 0.640. The lowest BCUT2D eigenvalue weighted by Crippen LogP contribution is -1.87. The summed E-state index contributed by atoms with van der Waals surface area (Å²) in [5.41, 5.74) is 0. The topological polar surface area (TPSA) is 0 Å². The molecule has 0 radical (unpaired) electrons. The summed E-state index contributed by atoms with van der Waals surface area (Å²) in [5, 5.41) is 0. The van der Waals surface area contributed by atoms with E-state index in [2.05, 4.69) is 60.8 Å². The molecule has 0 heterocycles. The quantitative estimate of drug-likeness (QED) is 0.583. The van der Waals surface area contributed by atoms with E-state index < -0.39 is 0 Å². The summed E-state index contributed by atoms with van der Waals surface area (Å²) in [5.74, 6) is 1.28. The highest BCUT2D eigenvalue weighted by atomic mass is 14.1. The molecule has 2 aliphatic carbocycles. The predicted octanol–water partition coefficient (Wildman–Crippen LogP) is 3.81. The van der Waals surface area contributed by atoms with Crippen LogP contribution in [0, 0.1) is 11.8 Å². The van der Waals surface area contributed by atoms with Crippen molar-refractivity contribution >= 4 is 0 Å². The van der Waals surface area contributed by atoms with Gasteiger partial charge in [0.2, 0.25) is 0 Å². The molecule has 0 aromatic rings. The molecule has 14 heavy (non-hydrogen) atoms. The van der Waals surface area contributed by atoms with Crippen LogP contribution in [0.3, 0.4) is 0 Å². The molecule has 0 fully saturated rings. The molecule has 0 spiro atoms. The maximum Gasteiger partial charge on any atom is -0.00127 e. The van der Waals surface area contributed by atoms with E-state index in [1.807, 2.05) is 0 Å². The van der Waals surface area contributed by atoms with Crippen LogP contribution in [0.15, 0.2) is 60.8 Å². The van der Waals surface area contributed by atoms with Crippen LogP contribution in [0.2, 0.25) is 0 Å². The lowest BCUT2D eigenvalue weighted by Gasteiger charge is -2.00. The van der Waals surface area contributed by atoms with Crippen molar-refractivity contribution in [2.45, 2.75) is 12.8 Å². The van der Waals surface area contributed by atoms with Gasteiger partial charge in [0.25, 0.3) is 0 Å². The molecule has 2 rings (SSSR count). The molecule has 72 valence electrons. The zero-order chi connectivity index (χ0) is 9.64. The van der Waals surface area contributed by atoms with Gasteiger partial charge in [-0.3, -0.25) is 0 Å². The Hall–Kier alpha value is -1.30. The Morgan fingerprint density at radius 2 is 1.00 bits per heavy atom. The van der Waals surface area contributed by atoms with Crippen LogP contribution in [0.4, 0.5) is 0 Å². The van der Waals surface area contributed by atoms with Crippen LogP contribution in [-0.2, 0) is 0 Å². The lowest BCUT2D eigenvalue weighted by molar-refractivity contribution is 0.813. The van der Waals surface area contributed by atoms with Gasteiger partial charge in [-0.2, -0.15) is 0 Å². The van der Waals surface area contributed by atoms with Gasteiger partial charge in [-0.15, -0.1) is 0 Å².